The monoisotopic (exact) mass is 384 g/mol. The molecule has 1 aliphatic heterocycles. The normalized spacial score (nSPS) is 25.4. The van der Waals surface area contributed by atoms with Crippen molar-refractivity contribution in [1.82, 2.24) is 18.8 Å². The molecule has 150 valence electrons. The Balaban J connectivity index is 2.08. The molecule has 11 nitrogen and oxygen atoms in total. The van der Waals surface area contributed by atoms with Crippen LogP contribution in [-0.4, -0.2) is 65.4 Å². The van der Waals surface area contributed by atoms with Crippen molar-refractivity contribution in [3.63, 3.8) is 0 Å². The van der Waals surface area contributed by atoms with Gasteiger partial charge in [0.05, 0.1) is 6.61 Å². The van der Waals surface area contributed by atoms with Crippen LogP contribution in [-0.2, 0) is 17.8 Å². The lowest BCUT2D eigenvalue weighted by molar-refractivity contribution is -0.168. The predicted octanol–water partition coefficient (Wildman–Crippen LogP) is -1.95. The molecule has 0 amide bonds. The molecule has 1 fully saturated rings. The molecule has 0 radical (unpaired) electrons. The molecule has 11 heteroatoms. The van der Waals surface area contributed by atoms with Crippen LogP contribution in [0.3, 0.4) is 0 Å². The Morgan fingerprint density at radius 3 is 2.41 bits per heavy atom. The topological polar surface area (TPSA) is 141 Å². The van der Waals surface area contributed by atoms with Crippen LogP contribution in [0.5, 0.6) is 0 Å². The van der Waals surface area contributed by atoms with Crippen LogP contribution in [0.15, 0.2) is 15.9 Å². The second-order valence-electron chi connectivity index (χ2n) is 6.45. The second kappa shape index (κ2) is 7.80. The molecule has 0 unspecified atom stereocenters. The lowest BCUT2D eigenvalue weighted by Crippen LogP contribution is -2.42. The number of fused-ring (bicyclic) bond motifs is 1. The van der Waals surface area contributed by atoms with Gasteiger partial charge in [0.1, 0.15) is 24.6 Å². The fourth-order valence-electron chi connectivity index (χ4n) is 3.15. The van der Waals surface area contributed by atoms with Gasteiger partial charge in [-0.15, -0.1) is 0 Å². The number of hydrogen-bond donors (Lipinski definition) is 3. The number of aromatic nitrogens is 4. The third-order valence-corrected chi connectivity index (χ3v) is 4.49. The average molecular weight is 384 g/mol. The van der Waals surface area contributed by atoms with Crippen LogP contribution >= 0.6 is 0 Å². The summed E-state index contributed by atoms with van der Waals surface area (Å²) in [6, 6.07) is 0. The second-order valence-corrected chi connectivity index (χ2v) is 6.45. The van der Waals surface area contributed by atoms with E-state index in [0.29, 0.717) is 19.4 Å². The minimum absolute atomic E-state index is 0.0363. The molecule has 0 saturated carbocycles. The van der Waals surface area contributed by atoms with E-state index in [1.807, 2.05) is 13.8 Å². The number of aliphatic hydroxyl groups is 3. The summed E-state index contributed by atoms with van der Waals surface area (Å²) >= 11 is 0. The molecule has 2 aromatic heterocycles. The van der Waals surface area contributed by atoms with Crippen LogP contribution in [0.25, 0.3) is 11.2 Å². The third kappa shape index (κ3) is 3.27. The number of hydrogen-bond acceptors (Lipinski definition) is 8. The zero-order valence-corrected chi connectivity index (χ0v) is 15.2. The Morgan fingerprint density at radius 1 is 1.15 bits per heavy atom. The number of aryl methyl sites for hydroxylation is 1. The van der Waals surface area contributed by atoms with Crippen molar-refractivity contribution in [2.75, 3.05) is 6.61 Å². The van der Waals surface area contributed by atoms with E-state index in [9.17, 15) is 24.9 Å². The minimum atomic E-state index is -1.42. The predicted molar refractivity (Wildman–Crippen MR) is 93.2 cm³/mol. The fraction of sp³-hybridized carbons (Fsp3) is 0.688. The highest BCUT2D eigenvalue weighted by Crippen LogP contribution is 2.21. The highest BCUT2D eigenvalue weighted by atomic mass is 16.8. The molecular weight excluding hydrogens is 360 g/mol. The first kappa shape index (κ1) is 19.5. The zero-order chi connectivity index (χ0) is 19.7. The summed E-state index contributed by atoms with van der Waals surface area (Å²) in [5.74, 6) is 0. The molecule has 0 bridgehead atoms. The van der Waals surface area contributed by atoms with Gasteiger partial charge < -0.3 is 24.9 Å². The van der Waals surface area contributed by atoms with Gasteiger partial charge in [-0.25, -0.2) is 9.78 Å². The van der Waals surface area contributed by atoms with Gasteiger partial charge in [0, 0.05) is 13.1 Å². The summed E-state index contributed by atoms with van der Waals surface area (Å²) in [6.07, 6.45) is -2.58. The molecule has 3 N–H and O–H groups in total. The van der Waals surface area contributed by atoms with Crippen molar-refractivity contribution in [3.8, 4) is 0 Å². The maximum absolute atomic E-state index is 12.8. The van der Waals surface area contributed by atoms with Gasteiger partial charge >= 0.3 is 5.69 Å². The highest BCUT2D eigenvalue weighted by molar-refractivity contribution is 5.69. The summed E-state index contributed by atoms with van der Waals surface area (Å²) in [4.78, 5) is 35.1. The van der Waals surface area contributed by atoms with Gasteiger partial charge in [-0.1, -0.05) is 13.8 Å². The Morgan fingerprint density at radius 2 is 1.81 bits per heavy atom. The van der Waals surface area contributed by atoms with Crippen molar-refractivity contribution >= 4 is 11.2 Å². The maximum Gasteiger partial charge on any atom is 0.332 e. The number of aliphatic hydroxyl groups excluding tert-OH is 3. The smallest absolute Gasteiger partial charge is 0.332 e. The van der Waals surface area contributed by atoms with Gasteiger partial charge in [-0.05, 0) is 12.8 Å². The molecule has 3 heterocycles. The summed E-state index contributed by atoms with van der Waals surface area (Å²) in [5.41, 5.74) is -0.789. The van der Waals surface area contributed by atoms with Crippen LogP contribution in [0.2, 0.25) is 0 Å². The number of rotatable bonds is 7. The first-order valence-electron chi connectivity index (χ1n) is 8.94. The van der Waals surface area contributed by atoms with E-state index < -0.39 is 42.5 Å². The average Bonchev–Trinajstić information content (AvgIpc) is 3.19. The number of ether oxygens (including phenoxy) is 1. The molecule has 1 aliphatic rings. The van der Waals surface area contributed by atoms with E-state index in [1.54, 1.807) is 0 Å². The van der Waals surface area contributed by atoms with E-state index in [1.165, 1.54) is 10.9 Å². The van der Waals surface area contributed by atoms with Gasteiger partial charge in [0.15, 0.2) is 11.2 Å². The van der Waals surface area contributed by atoms with Crippen LogP contribution < -0.4 is 16.1 Å². The van der Waals surface area contributed by atoms with Crippen LogP contribution in [0.1, 0.15) is 26.7 Å². The molecule has 3 rings (SSSR count). The largest absolute Gasteiger partial charge is 0.394 e. The first-order chi connectivity index (χ1) is 12.9. The molecule has 0 aromatic carbocycles. The van der Waals surface area contributed by atoms with Gasteiger partial charge in [0.25, 0.3) is 11.8 Å². The van der Waals surface area contributed by atoms with E-state index in [-0.39, 0.29) is 17.7 Å². The fourth-order valence-corrected chi connectivity index (χ4v) is 3.15. The lowest BCUT2D eigenvalue weighted by atomic mass is 10.1. The van der Waals surface area contributed by atoms with Crippen molar-refractivity contribution in [2.24, 2.45) is 0 Å². The third-order valence-electron chi connectivity index (χ3n) is 4.49. The Kier molecular flexibility index (Phi) is 5.65. The van der Waals surface area contributed by atoms with Crippen molar-refractivity contribution < 1.29 is 24.9 Å². The van der Waals surface area contributed by atoms with E-state index in [0.717, 1.165) is 9.30 Å². The molecule has 0 spiro atoms. The summed E-state index contributed by atoms with van der Waals surface area (Å²) in [7, 11) is 0. The summed E-state index contributed by atoms with van der Waals surface area (Å²) in [5, 5.41) is 29.0. The van der Waals surface area contributed by atoms with E-state index in [4.69, 9.17) is 9.57 Å². The van der Waals surface area contributed by atoms with Crippen molar-refractivity contribution in [2.45, 2.75) is 64.4 Å². The van der Waals surface area contributed by atoms with E-state index in [2.05, 4.69) is 4.98 Å². The molecule has 1 saturated heterocycles. The molecule has 27 heavy (non-hydrogen) atoms. The Labute approximate surface area is 154 Å². The molecule has 0 aliphatic carbocycles. The van der Waals surface area contributed by atoms with Gasteiger partial charge in [-0.2, -0.15) is 4.73 Å². The van der Waals surface area contributed by atoms with Crippen LogP contribution in [0, 0.1) is 0 Å². The standard InChI is InChI=1S/C16H24N4O7/c1-3-5-18-13-10(14(24)19(6-4-2)16(18)25)20(8-17-13)27-15-12(23)11(22)9(7-21)26-15/h8-9,11-12,15,21-23H,3-7H2,1-2H3/t9-,11-,12-,15-/m1/s1. The van der Waals surface area contributed by atoms with E-state index >= 15 is 0 Å². The van der Waals surface area contributed by atoms with Crippen LogP contribution in [0.4, 0.5) is 0 Å². The Hall–Kier alpha value is -2.21. The van der Waals surface area contributed by atoms with Gasteiger partial charge in [-0.3, -0.25) is 13.9 Å². The summed E-state index contributed by atoms with van der Waals surface area (Å²) < 4.78 is 8.84. The van der Waals surface area contributed by atoms with Crippen molar-refractivity contribution in [1.29, 1.82) is 0 Å². The first-order valence-corrected chi connectivity index (χ1v) is 8.94. The van der Waals surface area contributed by atoms with Gasteiger partial charge in [0.2, 0.25) is 0 Å². The highest BCUT2D eigenvalue weighted by Gasteiger charge is 2.44. The maximum atomic E-state index is 12.8. The molecule has 4 atom stereocenters. The molecule has 2 aromatic rings. The minimum Gasteiger partial charge on any atom is -0.394 e. The number of nitrogens with zero attached hydrogens (tertiary/aromatic N) is 4. The SMILES string of the molecule is CCCn1c(=O)c2c(ncn2O[C@H]2O[C@H](CO)[C@@H](O)[C@H]2O)n(CCC)c1=O. The summed E-state index contributed by atoms with van der Waals surface area (Å²) in [6.45, 7) is 3.88. The van der Waals surface area contributed by atoms with Crippen molar-refractivity contribution in [3.05, 3.63) is 27.2 Å². The molecular formula is C16H24N4O7. The zero-order valence-electron chi connectivity index (χ0n) is 15.2. The Bertz CT molecular complexity index is 918. The lowest BCUT2D eigenvalue weighted by Gasteiger charge is -2.17. The number of imidazole rings is 1. The quantitative estimate of drug-likeness (QED) is 0.500.